The van der Waals surface area contributed by atoms with Crippen molar-refractivity contribution in [1.82, 2.24) is 4.72 Å². The molecule has 0 bridgehead atoms. The highest BCUT2D eigenvalue weighted by atomic mass is 32.2. The fourth-order valence-corrected chi connectivity index (χ4v) is 3.63. The third-order valence-corrected chi connectivity index (χ3v) is 5.56. The van der Waals surface area contributed by atoms with E-state index in [2.05, 4.69) is 10.6 Å². The lowest BCUT2D eigenvalue weighted by Crippen LogP contribution is -2.30. The number of hydrogen-bond donors (Lipinski definition) is 3. The molecule has 31 heavy (non-hydrogen) atoms. The molecule has 0 aromatic heterocycles. The van der Waals surface area contributed by atoms with Crippen molar-refractivity contribution < 1.29 is 22.8 Å². The number of ketones is 1. The molecule has 3 rings (SSSR count). The molecule has 8 nitrogen and oxygen atoms in total. The number of amides is 3. The molecule has 0 radical (unpaired) electrons. The summed E-state index contributed by atoms with van der Waals surface area (Å²) in [6, 6.07) is 19.2. The van der Waals surface area contributed by atoms with Gasteiger partial charge >= 0.3 is 6.03 Å². The molecular weight excluding hydrogens is 418 g/mol. The molecule has 0 aliphatic carbocycles. The van der Waals surface area contributed by atoms with Crippen LogP contribution in [0.25, 0.3) is 0 Å². The predicted molar refractivity (Wildman–Crippen MR) is 117 cm³/mol. The Morgan fingerprint density at radius 3 is 1.97 bits per heavy atom. The van der Waals surface area contributed by atoms with E-state index in [0.717, 1.165) is 0 Å². The Hall–Kier alpha value is -3.98. The molecule has 0 atom stereocenters. The summed E-state index contributed by atoms with van der Waals surface area (Å²) in [6.07, 6.45) is 0. The Balaban J connectivity index is 1.64. The van der Waals surface area contributed by atoms with Crippen molar-refractivity contribution in [2.75, 3.05) is 10.6 Å². The summed E-state index contributed by atoms with van der Waals surface area (Å²) in [6.45, 7) is 1.43. The van der Waals surface area contributed by atoms with Crippen LogP contribution in [-0.4, -0.2) is 26.1 Å². The monoisotopic (exact) mass is 437 g/mol. The summed E-state index contributed by atoms with van der Waals surface area (Å²) >= 11 is 0. The normalized spacial score (nSPS) is 10.7. The number of anilines is 2. The topological polar surface area (TPSA) is 121 Å². The molecule has 0 unspecified atom stereocenters. The Kier molecular flexibility index (Phi) is 6.46. The molecule has 9 heteroatoms. The first-order valence-corrected chi connectivity index (χ1v) is 10.6. The van der Waals surface area contributed by atoms with Crippen molar-refractivity contribution in [2.45, 2.75) is 11.8 Å². The molecule has 0 aliphatic heterocycles. The average Bonchev–Trinajstić information content (AvgIpc) is 2.74. The molecule has 0 spiro atoms. The van der Waals surface area contributed by atoms with E-state index in [9.17, 15) is 22.8 Å². The summed E-state index contributed by atoms with van der Waals surface area (Å²) in [5.74, 6) is -0.866. The molecule has 3 aromatic rings. The van der Waals surface area contributed by atoms with Crippen molar-refractivity contribution in [3.05, 3.63) is 90.0 Å². The van der Waals surface area contributed by atoms with Crippen molar-refractivity contribution >= 4 is 39.1 Å². The first-order valence-electron chi connectivity index (χ1n) is 9.16. The van der Waals surface area contributed by atoms with Gasteiger partial charge in [-0.2, -0.15) is 0 Å². The molecule has 3 aromatic carbocycles. The molecule has 0 saturated heterocycles. The highest BCUT2D eigenvalue weighted by molar-refractivity contribution is 7.90. The molecule has 3 amide bonds. The number of nitrogens with one attached hydrogen (secondary N) is 3. The number of urea groups is 1. The number of hydrogen-bond acceptors (Lipinski definition) is 5. The lowest BCUT2D eigenvalue weighted by molar-refractivity contribution is 0.0979. The lowest BCUT2D eigenvalue weighted by atomic mass is 10.1. The van der Waals surface area contributed by atoms with E-state index in [-0.39, 0.29) is 16.2 Å². The fourth-order valence-electron chi connectivity index (χ4n) is 2.66. The minimum Gasteiger partial charge on any atom is -0.308 e. The van der Waals surface area contributed by atoms with Gasteiger partial charge in [0.1, 0.15) is 0 Å². The van der Waals surface area contributed by atoms with Gasteiger partial charge < -0.3 is 10.6 Å². The molecular formula is C22H19N3O5S. The highest BCUT2D eigenvalue weighted by Crippen LogP contribution is 2.16. The molecule has 0 heterocycles. The van der Waals surface area contributed by atoms with E-state index in [1.165, 1.54) is 43.3 Å². The van der Waals surface area contributed by atoms with E-state index >= 15 is 0 Å². The number of carbonyl (C=O) groups excluding carboxylic acids is 3. The van der Waals surface area contributed by atoms with E-state index < -0.39 is 22.0 Å². The van der Waals surface area contributed by atoms with Crippen LogP contribution in [-0.2, 0) is 10.0 Å². The summed E-state index contributed by atoms with van der Waals surface area (Å²) in [5.41, 5.74) is 1.46. The summed E-state index contributed by atoms with van der Waals surface area (Å²) < 4.78 is 26.8. The summed E-state index contributed by atoms with van der Waals surface area (Å²) in [5, 5.41) is 5.16. The van der Waals surface area contributed by atoms with Crippen LogP contribution >= 0.6 is 0 Å². The Morgan fingerprint density at radius 2 is 1.32 bits per heavy atom. The van der Waals surface area contributed by atoms with Gasteiger partial charge in [-0.25, -0.2) is 17.9 Å². The van der Waals surface area contributed by atoms with Crippen molar-refractivity contribution in [3.8, 4) is 0 Å². The van der Waals surface area contributed by atoms with Crippen LogP contribution in [0.4, 0.5) is 16.2 Å². The van der Waals surface area contributed by atoms with Crippen LogP contribution in [0, 0.1) is 0 Å². The van der Waals surface area contributed by atoms with Gasteiger partial charge in [-0.15, -0.1) is 0 Å². The molecule has 0 aliphatic rings. The predicted octanol–water partition coefficient (Wildman–Crippen LogP) is 3.65. The maximum absolute atomic E-state index is 12.4. The summed E-state index contributed by atoms with van der Waals surface area (Å²) in [4.78, 5) is 35.6. The van der Waals surface area contributed by atoms with Gasteiger partial charge in [0.05, 0.1) is 4.90 Å². The standard InChI is InChI=1S/C22H19N3O5S/c1-15(26)17-8-5-9-19(14-17)24-22(28)23-18-10-12-20(13-11-18)31(29,30)25-21(27)16-6-3-2-4-7-16/h2-14H,1H3,(H,25,27)(H2,23,24,28). The average molecular weight is 437 g/mol. The number of Topliss-reactive ketones (excluding diaryl/α,β-unsaturated/α-hetero) is 1. The SMILES string of the molecule is CC(=O)c1cccc(NC(=O)Nc2ccc(S(=O)(=O)NC(=O)c3ccccc3)cc2)c1. The number of rotatable bonds is 6. The highest BCUT2D eigenvalue weighted by Gasteiger charge is 2.18. The largest absolute Gasteiger partial charge is 0.323 e. The molecule has 0 fully saturated rings. The Bertz CT molecular complexity index is 1220. The lowest BCUT2D eigenvalue weighted by Gasteiger charge is -2.10. The zero-order valence-corrected chi connectivity index (χ0v) is 17.3. The van der Waals surface area contributed by atoms with Crippen LogP contribution in [0.3, 0.4) is 0 Å². The Morgan fingerprint density at radius 1 is 0.710 bits per heavy atom. The van der Waals surface area contributed by atoms with Gasteiger partial charge in [0, 0.05) is 22.5 Å². The first kappa shape index (κ1) is 21.7. The van der Waals surface area contributed by atoms with E-state index in [1.807, 2.05) is 4.72 Å². The second-order valence-electron chi connectivity index (χ2n) is 6.54. The first-order chi connectivity index (χ1) is 14.7. The zero-order valence-electron chi connectivity index (χ0n) is 16.5. The maximum Gasteiger partial charge on any atom is 0.323 e. The summed E-state index contributed by atoms with van der Waals surface area (Å²) in [7, 11) is -4.07. The van der Waals surface area contributed by atoms with Gasteiger partial charge in [-0.1, -0.05) is 30.3 Å². The fraction of sp³-hybridized carbons (Fsp3) is 0.0455. The maximum atomic E-state index is 12.4. The van der Waals surface area contributed by atoms with Crippen molar-refractivity contribution in [2.24, 2.45) is 0 Å². The third kappa shape index (κ3) is 5.77. The molecule has 158 valence electrons. The van der Waals surface area contributed by atoms with Crippen LogP contribution < -0.4 is 15.4 Å². The van der Waals surface area contributed by atoms with E-state index in [1.54, 1.807) is 42.5 Å². The molecule has 3 N–H and O–H groups in total. The van der Waals surface area contributed by atoms with Gasteiger partial charge in [0.2, 0.25) is 0 Å². The van der Waals surface area contributed by atoms with Gasteiger partial charge in [-0.3, -0.25) is 9.59 Å². The van der Waals surface area contributed by atoms with Crippen LogP contribution in [0.1, 0.15) is 27.6 Å². The molecule has 0 saturated carbocycles. The second-order valence-corrected chi connectivity index (χ2v) is 8.22. The zero-order chi connectivity index (χ0) is 22.4. The van der Waals surface area contributed by atoms with Crippen molar-refractivity contribution in [3.63, 3.8) is 0 Å². The van der Waals surface area contributed by atoms with Crippen LogP contribution in [0.2, 0.25) is 0 Å². The number of carbonyl (C=O) groups is 3. The van der Waals surface area contributed by atoms with Gasteiger partial charge in [0.25, 0.3) is 15.9 Å². The quantitative estimate of drug-likeness (QED) is 0.508. The van der Waals surface area contributed by atoms with Crippen LogP contribution in [0.15, 0.2) is 83.8 Å². The minimum atomic E-state index is -4.07. The van der Waals surface area contributed by atoms with Crippen molar-refractivity contribution in [1.29, 1.82) is 0 Å². The number of sulfonamides is 1. The minimum absolute atomic E-state index is 0.125. The second kappa shape index (κ2) is 9.23. The van der Waals surface area contributed by atoms with E-state index in [0.29, 0.717) is 16.9 Å². The van der Waals surface area contributed by atoms with Gasteiger partial charge in [0.15, 0.2) is 5.78 Å². The third-order valence-electron chi connectivity index (χ3n) is 4.21. The number of benzene rings is 3. The smallest absolute Gasteiger partial charge is 0.308 e. The van der Waals surface area contributed by atoms with Crippen LogP contribution in [0.5, 0.6) is 0 Å². The Labute approximate surface area is 179 Å². The van der Waals surface area contributed by atoms with E-state index in [4.69, 9.17) is 0 Å². The van der Waals surface area contributed by atoms with Gasteiger partial charge in [-0.05, 0) is 55.5 Å².